The number of rotatable bonds is 0. The molecule has 0 aliphatic rings. The van der Waals surface area contributed by atoms with Crippen LogP contribution in [0.4, 0.5) is 19.2 Å². The maximum Gasteiger partial charge on any atom is 3.00 e. The van der Waals surface area contributed by atoms with Crippen LogP contribution in [0.1, 0.15) is 0 Å². The van der Waals surface area contributed by atoms with Gasteiger partial charge in [-0.15, -0.1) is 0 Å². The molecule has 0 aliphatic carbocycles. The second-order valence-electron chi connectivity index (χ2n) is 1.05. The molecule has 0 heterocycles. The number of hydrogen-bond acceptors (Lipinski definition) is 9. The zero-order valence-corrected chi connectivity index (χ0v) is 15.6. The van der Waals surface area contributed by atoms with Crippen molar-refractivity contribution in [2.24, 2.45) is 0 Å². The van der Waals surface area contributed by atoms with E-state index >= 15 is 0 Å². The van der Waals surface area contributed by atoms with Crippen molar-refractivity contribution < 1.29 is 92.7 Å². The van der Waals surface area contributed by atoms with Crippen LogP contribution in [0, 0.1) is 0 Å². The monoisotopic (exact) mass is 470 g/mol. The Morgan fingerprint density at radius 1 is 0.667 bits per heavy atom. The van der Waals surface area contributed by atoms with E-state index in [1.165, 1.54) is 0 Å². The molecule has 0 saturated heterocycles. The molecule has 0 rings (SSSR count). The fourth-order valence-corrected chi connectivity index (χ4v) is 0. The second kappa shape index (κ2) is 30.1. The molecule has 0 unspecified atom stereocenters. The topological polar surface area (TPSA) is 244 Å². The predicted molar refractivity (Wildman–Crippen MR) is 35.2 cm³/mol. The van der Waals surface area contributed by atoms with Crippen LogP contribution >= 0.6 is 0 Å². The molecular formula is C4H3BaO12Y. The van der Waals surface area contributed by atoms with E-state index in [2.05, 4.69) is 0 Å². The van der Waals surface area contributed by atoms with Gasteiger partial charge in [0.05, 0.1) is 0 Å². The van der Waals surface area contributed by atoms with Gasteiger partial charge >= 0.3 is 87.7 Å². The Kier molecular flexibility index (Phi) is 60.3. The van der Waals surface area contributed by atoms with E-state index in [1.54, 1.807) is 0 Å². The summed E-state index contributed by atoms with van der Waals surface area (Å²) in [5, 5.41) is 62.6. The van der Waals surface area contributed by atoms with Gasteiger partial charge in [0, 0.05) is 0 Å². The van der Waals surface area contributed by atoms with Gasteiger partial charge in [-0.05, 0) is 12.3 Å². The Balaban J connectivity index is -0.0000000257. The Labute approximate surface area is 164 Å². The van der Waals surface area contributed by atoms with E-state index in [0.29, 0.717) is 0 Å². The van der Waals surface area contributed by atoms with Crippen LogP contribution in [0.25, 0.3) is 0 Å². The van der Waals surface area contributed by atoms with E-state index < -0.39 is 24.6 Å². The SMILES string of the molecule is O=C(O)O.O=C([O-])O.O=C([O-])[O-].O=C([O-])[O-].[Ba+2].[Y+3]. The Bertz CT molecular complexity index is 164. The third-order valence-corrected chi connectivity index (χ3v) is 0. The molecule has 0 aliphatic heterocycles. The first-order valence-electron chi connectivity index (χ1n) is 2.51. The maximum absolute atomic E-state index is 8.56. The summed E-state index contributed by atoms with van der Waals surface area (Å²) in [5.74, 6) is 0. The van der Waals surface area contributed by atoms with E-state index in [0.717, 1.165) is 0 Å². The minimum atomic E-state index is -2.33. The van der Waals surface area contributed by atoms with Gasteiger partial charge in [0.25, 0.3) is 0 Å². The molecule has 18 heavy (non-hydrogen) atoms. The van der Waals surface area contributed by atoms with Crippen molar-refractivity contribution in [1.29, 1.82) is 0 Å². The molecule has 0 amide bonds. The largest absolute Gasteiger partial charge is 3.00 e. The Morgan fingerprint density at radius 3 is 0.667 bits per heavy atom. The van der Waals surface area contributed by atoms with E-state index in [-0.39, 0.29) is 81.6 Å². The molecule has 12 nitrogen and oxygen atoms in total. The summed E-state index contributed by atoms with van der Waals surface area (Å²) >= 11 is 0. The van der Waals surface area contributed by atoms with Crippen LogP contribution in [0.3, 0.4) is 0 Å². The van der Waals surface area contributed by atoms with Crippen molar-refractivity contribution in [1.82, 2.24) is 0 Å². The van der Waals surface area contributed by atoms with Gasteiger partial charge in [-0.1, -0.05) is 0 Å². The van der Waals surface area contributed by atoms with Crippen molar-refractivity contribution >= 4 is 73.5 Å². The van der Waals surface area contributed by atoms with Crippen LogP contribution in [0.5, 0.6) is 0 Å². The standard InChI is InChI=1S/4CH2O3.Ba.Y/c4*2-1(3)4;;/h4*(H2,2,3,4);;/q;;;;+2;+3/p-5. The first-order chi connectivity index (χ1) is 6.93. The van der Waals surface area contributed by atoms with Crippen molar-refractivity contribution in [3.8, 4) is 0 Å². The van der Waals surface area contributed by atoms with Crippen LogP contribution in [-0.4, -0.2) is 88.8 Å². The van der Waals surface area contributed by atoms with E-state index in [4.69, 9.17) is 60.0 Å². The summed E-state index contributed by atoms with van der Waals surface area (Å²) in [7, 11) is 0. The molecule has 0 atom stereocenters. The average molecular weight is 469 g/mol. The quantitative estimate of drug-likeness (QED) is 0.281. The molecule has 0 spiro atoms. The first kappa shape index (κ1) is 36.1. The zero-order chi connectivity index (χ0) is 14.3. The van der Waals surface area contributed by atoms with Gasteiger partial charge in [0.2, 0.25) is 6.16 Å². The average Bonchev–Trinajstić information content (AvgIpc) is 1.76. The van der Waals surface area contributed by atoms with Crippen LogP contribution in [-0.2, 0) is 32.7 Å². The third kappa shape index (κ3) is 57300. The molecule has 0 radical (unpaired) electrons. The molecule has 0 aromatic heterocycles. The third-order valence-electron chi connectivity index (χ3n) is 0. The van der Waals surface area contributed by atoms with Crippen LogP contribution in [0.2, 0.25) is 0 Å². The maximum atomic E-state index is 8.56. The van der Waals surface area contributed by atoms with Gasteiger partial charge in [-0.25, -0.2) is 4.79 Å². The van der Waals surface area contributed by atoms with E-state index in [1.807, 2.05) is 0 Å². The van der Waals surface area contributed by atoms with Gasteiger partial charge < -0.3 is 55.2 Å². The molecule has 0 aromatic carbocycles. The summed E-state index contributed by atoms with van der Waals surface area (Å²) in [4.78, 5) is 33.7. The summed E-state index contributed by atoms with van der Waals surface area (Å²) in [5.41, 5.74) is 0. The van der Waals surface area contributed by atoms with Crippen LogP contribution < -0.4 is 25.5 Å². The number of carbonyl (C=O) groups excluding carboxylic acids is 2. The van der Waals surface area contributed by atoms with Gasteiger partial charge in [-0.2, -0.15) is 0 Å². The molecule has 0 saturated carbocycles. The molecular weight excluding hydrogens is 466 g/mol. The van der Waals surface area contributed by atoms with Crippen molar-refractivity contribution in [3.63, 3.8) is 0 Å². The molecule has 0 bridgehead atoms. The number of carboxylic acid groups (broad SMARTS) is 8. The minimum Gasteiger partial charge on any atom is -0.652 e. The summed E-state index contributed by atoms with van der Waals surface area (Å²) < 4.78 is 0. The van der Waals surface area contributed by atoms with E-state index in [9.17, 15) is 0 Å². The second-order valence-corrected chi connectivity index (χ2v) is 1.05. The molecule has 14 heteroatoms. The zero-order valence-electron chi connectivity index (χ0n) is 8.30. The smallest absolute Gasteiger partial charge is 0.652 e. The number of carbonyl (C=O) groups is 4. The van der Waals surface area contributed by atoms with Crippen molar-refractivity contribution in [2.75, 3.05) is 0 Å². The summed E-state index contributed by atoms with van der Waals surface area (Å²) in [6.07, 6.45) is -8.58. The summed E-state index contributed by atoms with van der Waals surface area (Å²) in [6, 6.07) is 0. The molecule has 96 valence electrons. The van der Waals surface area contributed by atoms with Crippen molar-refractivity contribution in [2.45, 2.75) is 0 Å². The molecule has 3 N–H and O–H groups in total. The fourth-order valence-electron chi connectivity index (χ4n) is 0. The van der Waals surface area contributed by atoms with Gasteiger partial charge in [-0.3, -0.25) is 0 Å². The molecule has 0 fully saturated rings. The molecule has 0 aromatic rings. The minimum absolute atomic E-state index is 0. The van der Waals surface area contributed by atoms with Gasteiger partial charge in [0.1, 0.15) is 0 Å². The normalized spacial score (nSPS) is 5.33. The van der Waals surface area contributed by atoms with Gasteiger partial charge in [0.15, 0.2) is 0 Å². The van der Waals surface area contributed by atoms with Crippen LogP contribution in [0.15, 0.2) is 0 Å². The summed E-state index contributed by atoms with van der Waals surface area (Å²) in [6.45, 7) is 0. The van der Waals surface area contributed by atoms with Crippen molar-refractivity contribution in [3.05, 3.63) is 0 Å². The first-order valence-corrected chi connectivity index (χ1v) is 2.51. The fraction of sp³-hybridized carbons (Fsp3) is 0. The Hall–Kier alpha value is -0.245. The predicted octanol–water partition coefficient (Wildman–Crippen LogP) is -6.17. The Morgan fingerprint density at radius 2 is 0.667 bits per heavy atom. The number of hydrogen-bond donors (Lipinski definition) is 3.